The fourth-order valence-electron chi connectivity index (χ4n) is 5.52. The minimum atomic E-state index is -0.744. The number of hydrogen-bond donors (Lipinski definition) is 1. The minimum Gasteiger partial charge on any atom is -0.507 e. The van der Waals surface area contributed by atoms with Crippen molar-refractivity contribution in [3.05, 3.63) is 69.6 Å². The number of thiophene rings is 1. The summed E-state index contributed by atoms with van der Waals surface area (Å²) in [6.45, 7) is 6.22. The Morgan fingerprint density at radius 1 is 1.10 bits per heavy atom. The molecule has 7 nitrogen and oxygen atoms in total. The second-order valence-corrected chi connectivity index (χ2v) is 11.1. The number of hydrogen-bond acceptors (Lipinski definition) is 7. The van der Waals surface area contributed by atoms with Gasteiger partial charge in [0.1, 0.15) is 17.6 Å². The Morgan fingerprint density at radius 3 is 2.64 bits per heavy atom. The first-order valence-corrected chi connectivity index (χ1v) is 14.4. The third-order valence-electron chi connectivity index (χ3n) is 7.66. The van der Waals surface area contributed by atoms with Crippen molar-refractivity contribution in [2.75, 3.05) is 44.7 Å². The number of carbonyl (C=O) groups is 1. The number of piperazine rings is 1. The summed E-state index contributed by atoms with van der Waals surface area (Å²) in [6.07, 6.45) is 2.90. The quantitative estimate of drug-likeness (QED) is 0.284. The molecule has 1 unspecified atom stereocenters. The molecule has 206 valence electrons. The zero-order valence-electron chi connectivity index (χ0n) is 22.4. The van der Waals surface area contributed by atoms with Crippen LogP contribution < -0.4 is 10.5 Å². The lowest BCUT2D eigenvalue weighted by molar-refractivity contribution is -0.144. The number of aromatic nitrogens is 1. The highest BCUT2D eigenvalue weighted by molar-refractivity contribution is 7.17. The Labute approximate surface area is 231 Å². The van der Waals surface area contributed by atoms with Gasteiger partial charge in [0.15, 0.2) is 0 Å². The smallest absolute Gasteiger partial charge is 0.328 e. The van der Waals surface area contributed by atoms with Crippen LogP contribution in [0.4, 0.5) is 10.1 Å². The largest absolute Gasteiger partial charge is 0.507 e. The average Bonchev–Trinajstić information content (AvgIpc) is 3.41. The molecule has 1 N–H and O–H groups in total. The van der Waals surface area contributed by atoms with Crippen molar-refractivity contribution in [2.45, 2.75) is 38.6 Å². The van der Waals surface area contributed by atoms with Crippen LogP contribution in [-0.2, 0) is 16.0 Å². The molecule has 1 aliphatic rings. The molecule has 5 rings (SSSR count). The van der Waals surface area contributed by atoms with Crippen LogP contribution in [0.5, 0.6) is 5.75 Å². The summed E-state index contributed by atoms with van der Waals surface area (Å²) in [4.78, 5) is 30.3. The van der Waals surface area contributed by atoms with Crippen LogP contribution in [0.2, 0.25) is 0 Å². The number of ether oxygens (including phenoxy) is 1. The molecule has 9 heteroatoms. The number of benzene rings is 2. The van der Waals surface area contributed by atoms with Gasteiger partial charge >= 0.3 is 5.97 Å². The van der Waals surface area contributed by atoms with Crippen LogP contribution in [0.1, 0.15) is 37.8 Å². The topological polar surface area (TPSA) is 75.0 Å². The van der Waals surface area contributed by atoms with Crippen molar-refractivity contribution in [3.63, 3.8) is 0 Å². The van der Waals surface area contributed by atoms with Gasteiger partial charge in [-0.1, -0.05) is 25.8 Å². The summed E-state index contributed by atoms with van der Waals surface area (Å²) in [6, 6.07) is 11.4. The number of pyridine rings is 1. The summed E-state index contributed by atoms with van der Waals surface area (Å²) in [5.74, 6) is -0.753. The molecule has 2 aromatic carbocycles. The molecule has 0 amide bonds. The highest BCUT2D eigenvalue weighted by Crippen LogP contribution is 2.33. The number of carbonyl (C=O) groups excluding carboxylic acids is 1. The van der Waals surface area contributed by atoms with Gasteiger partial charge in [0.2, 0.25) is 0 Å². The van der Waals surface area contributed by atoms with Gasteiger partial charge in [0.25, 0.3) is 5.56 Å². The van der Waals surface area contributed by atoms with Crippen molar-refractivity contribution in [3.8, 4) is 5.75 Å². The fourth-order valence-corrected chi connectivity index (χ4v) is 6.35. The number of nitrogens with zero attached hydrogens (tertiary/aromatic N) is 3. The maximum Gasteiger partial charge on any atom is 0.328 e. The van der Waals surface area contributed by atoms with Gasteiger partial charge in [0, 0.05) is 59.9 Å². The SMILES string of the molecule is CCCCC(C(=O)OC)n1c(=O)cc(O)c2ccc(CCN3CCN(c4cc(F)cc5sccc45)CC3)cc21. The first-order chi connectivity index (χ1) is 18.9. The number of anilines is 1. The van der Waals surface area contributed by atoms with Gasteiger partial charge in [-0.05, 0) is 54.1 Å². The van der Waals surface area contributed by atoms with Gasteiger partial charge in [-0.3, -0.25) is 14.3 Å². The number of esters is 1. The van der Waals surface area contributed by atoms with E-state index in [2.05, 4.69) is 15.9 Å². The maximum absolute atomic E-state index is 14.2. The predicted octanol–water partition coefficient (Wildman–Crippen LogP) is 5.33. The molecule has 1 fully saturated rings. The maximum atomic E-state index is 14.2. The molecule has 0 bridgehead atoms. The summed E-state index contributed by atoms with van der Waals surface area (Å²) in [5.41, 5.74) is 2.10. The standard InChI is InChI=1S/C30H34FN3O4S/c1-3-4-5-24(30(37)38-2)34-26-16-20(6-7-22(26)27(35)19-29(34)36)8-10-32-11-13-33(14-12-32)25-17-21(31)18-28-23(25)9-15-39-28/h6-7,9,15-19,24,35H,3-5,8,10-14H2,1-2H3. The zero-order valence-corrected chi connectivity index (χ0v) is 23.2. The molecule has 4 aromatic rings. The van der Waals surface area contributed by atoms with E-state index in [1.165, 1.54) is 17.7 Å². The summed E-state index contributed by atoms with van der Waals surface area (Å²) in [7, 11) is 1.33. The van der Waals surface area contributed by atoms with Gasteiger partial charge in [-0.15, -0.1) is 11.3 Å². The molecule has 1 atom stereocenters. The van der Waals surface area contributed by atoms with Crippen LogP contribution in [0, 0.1) is 5.82 Å². The Kier molecular flexibility index (Phi) is 8.18. The average molecular weight is 552 g/mol. The van der Waals surface area contributed by atoms with Crippen molar-refractivity contribution in [1.29, 1.82) is 0 Å². The number of methoxy groups -OCH3 is 1. The van der Waals surface area contributed by atoms with E-state index >= 15 is 0 Å². The Balaban J connectivity index is 1.32. The van der Waals surface area contributed by atoms with E-state index in [9.17, 15) is 19.1 Å². The van der Waals surface area contributed by atoms with Gasteiger partial charge < -0.3 is 14.7 Å². The van der Waals surface area contributed by atoms with Crippen molar-refractivity contribution in [2.24, 2.45) is 0 Å². The van der Waals surface area contributed by atoms with Crippen LogP contribution in [0.25, 0.3) is 21.0 Å². The number of halogens is 1. The molecule has 39 heavy (non-hydrogen) atoms. The van der Waals surface area contributed by atoms with E-state index < -0.39 is 17.6 Å². The molecule has 3 heterocycles. The Morgan fingerprint density at radius 2 is 1.90 bits per heavy atom. The zero-order chi connectivity index (χ0) is 27.5. The lowest BCUT2D eigenvalue weighted by atomic mass is 10.0. The Hall–Kier alpha value is -3.43. The van der Waals surface area contributed by atoms with Crippen molar-refractivity contribution in [1.82, 2.24) is 9.47 Å². The molecular formula is C30H34FN3O4S. The van der Waals surface area contributed by atoms with Gasteiger partial charge in [0.05, 0.1) is 12.6 Å². The van der Waals surface area contributed by atoms with E-state index in [-0.39, 0.29) is 11.6 Å². The van der Waals surface area contributed by atoms with Gasteiger partial charge in [-0.2, -0.15) is 0 Å². The van der Waals surface area contributed by atoms with Crippen LogP contribution >= 0.6 is 11.3 Å². The molecule has 0 radical (unpaired) electrons. The molecule has 0 aliphatic carbocycles. The normalized spacial score (nSPS) is 15.2. The van der Waals surface area contributed by atoms with Crippen LogP contribution in [0.15, 0.2) is 52.6 Å². The molecule has 1 aliphatic heterocycles. The summed E-state index contributed by atoms with van der Waals surface area (Å²) in [5, 5.41) is 14.1. The highest BCUT2D eigenvalue weighted by Gasteiger charge is 2.25. The minimum absolute atomic E-state index is 0.0925. The highest BCUT2D eigenvalue weighted by atomic mass is 32.1. The number of fused-ring (bicyclic) bond motifs is 2. The van der Waals surface area contributed by atoms with E-state index in [0.29, 0.717) is 17.3 Å². The van der Waals surface area contributed by atoms with Crippen molar-refractivity contribution < 1.29 is 19.0 Å². The van der Waals surface area contributed by atoms with Crippen LogP contribution in [0.3, 0.4) is 0 Å². The number of rotatable bonds is 9. The summed E-state index contributed by atoms with van der Waals surface area (Å²) < 4.78 is 21.7. The van der Waals surface area contributed by atoms with E-state index in [1.54, 1.807) is 23.5 Å². The number of unbranched alkanes of at least 4 members (excludes halogenated alkanes) is 1. The first kappa shape index (κ1) is 27.1. The summed E-state index contributed by atoms with van der Waals surface area (Å²) >= 11 is 1.56. The lowest BCUT2D eigenvalue weighted by Gasteiger charge is -2.36. The third kappa shape index (κ3) is 5.65. The van der Waals surface area contributed by atoms with E-state index in [0.717, 1.165) is 73.3 Å². The van der Waals surface area contributed by atoms with E-state index in [1.807, 2.05) is 30.5 Å². The van der Waals surface area contributed by atoms with E-state index in [4.69, 9.17) is 4.74 Å². The van der Waals surface area contributed by atoms with Gasteiger partial charge in [-0.25, -0.2) is 9.18 Å². The lowest BCUT2D eigenvalue weighted by Crippen LogP contribution is -2.47. The van der Waals surface area contributed by atoms with Crippen LogP contribution in [-0.4, -0.2) is 60.4 Å². The second-order valence-electron chi connectivity index (χ2n) is 10.1. The van der Waals surface area contributed by atoms with Crippen molar-refractivity contribution >= 4 is 44.0 Å². The number of aromatic hydroxyl groups is 1. The molecular weight excluding hydrogens is 517 g/mol. The third-order valence-corrected chi connectivity index (χ3v) is 8.52. The first-order valence-electron chi connectivity index (χ1n) is 13.5. The second kappa shape index (κ2) is 11.8. The molecule has 0 spiro atoms. The molecule has 2 aromatic heterocycles. The molecule has 0 saturated carbocycles. The fraction of sp³-hybridized carbons (Fsp3) is 0.400. The molecule has 1 saturated heterocycles. The Bertz CT molecular complexity index is 1540. The monoisotopic (exact) mass is 551 g/mol. The predicted molar refractivity (Wildman–Crippen MR) is 155 cm³/mol.